The largest absolute Gasteiger partial charge is 0.481 e. The van der Waals surface area contributed by atoms with Crippen molar-refractivity contribution in [1.29, 1.82) is 0 Å². The number of nitrogens with one attached hydrogen (secondary N) is 1. The molecule has 0 heterocycles. The van der Waals surface area contributed by atoms with E-state index in [-0.39, 0.29) is 18.9 Å². The fraction of sp³-hybridized carbons (Fsp3) is 0.400. The first-order chi connectivity index (χ1) is 9.71. The van der Waals surface area contributed by atoms with Gasteiger partial charge in [-0.3, -0.25) is 14.4 Å². The molecule has 2 N–H and O–H groups in total. The predicted molar refractivity (Wildman–Crippen MR) is 77.9 cm³/mol. The molecule has 1 aromatic rings. The number of nitrogens with zero attached hydrogens (tertiary/aromatic N) is 1. The molecule has 1 aromatic carbocycles. The maximum atomic E-state index is 12.1. The van der Waals surface area contributed by atoms with Crippen LogP contribution in [0, 0.1) is 0 Å². The molecule has 0 aliphatic heterocycles. The second-order valence-corrected chi connectivity index (χ2v) is 5.53. The summed E-state index contributed by atoms with van der Waals surface area (Å²) in [5.74, 6) is -1.65. The van der Waals surface area contributed by atoms with Crippen LogP contribution < -0.4 is 5.32 Å². The number of aliphatic carboxylic acids is 1. The summed E-state index contributed by atoms with van der Waals surface area (Å²) in [6, 6.07) is 8.64. The van der Waals surface area contributed by atoms with Gasteiger partial charge in [0.25, 0.3) is 5.91 Å². The molecular weight excluding hydrogens is 272 g/mol. The van der Waals surface area contributed by atoms with E-state index in [0.29, 0.717) is 5.56 Å². The molecule has 2 amide bonds. The molecule has 114 valence electrons. The standard InChI is InChI=1S/C15H20N2O4/c1-15(2,9-13(19)20)16-12(18)10-17(3)14(21)11-7-5-4-6-8-11/h4-8H,9-10H2,1-3H3,(H,16,18)(H,19,20). The molecule has 0 radical (unpaired) electrons. The van der Waals surface area contributed by atoms with Gasteiger partial charge in [-0.25, -0.2) is 0 Å². The molecule has 6 heteroatoms. The number of carbonyl (C=O) groups is 3. The maximum Gasteiger partial charge on any atom is 0.305 e. The summed E-state index contributed by atoms with van der Waals surface area (Å²) < 4.78 is 0. The molecule has 6 nitrogen and oxygen atoms in total. The molecule has 0 saturated heterocycles. The monoisotopic (exact) mass is 292 g/mol. The van der Waals surface area contributed by atoms with Crippen LogP contribution >= 0.6 is 0 Å². The fourth-order valence-corrected chi connectivity index (χ4v) is 1.93. The number of carboxylic acid groups (broad SMARTS) is 1. The van der Waals surface area contributed by atoms with Crippen molar-refractivity contribution in [2.24, 2.45) is 0 Å². The highest BCUT2D eigenvalue weighted by Gasteiger charge is 2.25. The first kappa shape index (κ1) is 16.7. The van der Waals surface area contributed by atoms with Gasteiger partial charge >= 0.3 is 5.97 Å². The molecule has 0 bridgehead atoms. The molecular formula is C15H20N2O4. The van der Waals surface area contributed by atoms with E-state index in [2.05, 4.69) is 5.32 Å². The van der Waals surface area contributed by atoms with Gasteiger partial charge in [-0.2, -0.15) is 0 Å². The molecule has 21 heavy (non-hydrogen) atoms. The highest BCUT2D eigenvalue weighted by molar-refractivity contribution is 5.96. The zero-order valence-corrected chi connectivity index (χ0v) is 12.4. The SMILES string of the molecule is CN(CC(=O)NC(C)(C)CC(=O)O)C(=O)c1ccccc1. The van der Waals surface area contributed by atoms with E-state index in [9.17, 15) is 14.4 Å². The number of rotatable bonds is 6. The highest BCUT2D eigenvalue weighted by Crippen LogP contribution is 2.08. The van der Waals surface area contributed by atoms with Gasteiger partial charge in [0.2, 0.25) is 5.91 Å². The summed E-state index contributed by atoms with van der Waals surface area (Å²) in [4.78, 5) is 36.0. The van der Waals surface area contributed by atoms with Crippen LogP contribution in [0.1, 0.15) is 30.6 Å². The van der Waals surface area contributed by atoms with Gasteiger partial charge in [0.05, 0.1) is 13.0 Å². The third-order valence-electron chi connectivity index (χ3n) is 2.82. The van der Waals surface area contributed by atoms with Crippen LogP contribution in [0.4, 0.5) is 0 Å². The molecule has 1 rings (SSSR count). The number of amides is 2. The van der Waals surface area contributed by atoms with Crippen LogP contribution in [0.5, 0.6) is 0 Å². The Morgan fingerprint density at radius 2 is 1.76 bits per heavy atom. The summed E-state index contributed by atoms with van der Waals surface area (Å²) in [5, 5.41) is 11.4. The molecule has 0 unspecified atom stereocenters. The van der Waals surface area contributed by atoms with E-state index in [0.717, 1.165) is 0 Å². The zero-order valence-electron chi connectivity index (χ0n) is 12.4. The molecule has 0 saturated carbocycles. The van der Waals surface area contributed by atoms with E-state index in [1.165, 1.54) is 11.9 Å². The summed E-state index contributed by atoms with van der Waals surface area (Å²) in [6.45, 7) is 3.12. The van der Waals surface area contributed by atoms with Crippen molar-refractivity contribution in [2.45, 2.75) is 25.8 Å². The Balaban J connectivity index is 2.58. The van der Waals surface area contributed by atoms with Gasteiger partial charge in [-0.05, 0) is 26.0 Å². The lowest BCUT2D eigenvalue weighted by molar-refractivity contribution is -0.138. The van der Waals surface area contributed by atoms with Crippen LogP contribution in [0.3, 0.4) is 0 Å². The Bertz CT molecular complexity index is 526. The van der Waals surface area contributed by atoms with Crippen LogP contribution in [-0.4, -0.2) is 46.9 Å². The van der Waals surface area contributed by atoms with Crippen LogP contribution in [0.25, 0.3) is 0 Å². The van der Waals surface area contributed by atoms with E-state index < -0.39 is 17.4 Å². The number of benzene rings is 1. The molecule has 0 aliphatic rings. The first-order valence-electron chi connectivity index (χ1n) is 6.54. The van der Waals surface area contributed by atoms with Gasteiger partial charge in [-0.15, -0.1) is 0 Å². The van der Waals surface area contributed by atoms with E-state index in [1.807, 2.05) is 0 Å². The second kappa shape index (κ2) is 6.88. The topological polar surface area (TPSA) is 86.7 Å². The van der Waals surface area contributed by atoms with Crippen molar-refractivity contribution in [1.82, 2.24) is 10.2 Å². The van der Waals surface area contributed by atoms with Crippen molar-refractivity contribution >= 4 is 17.8 Å². The van der Waals surface area contributed by atoms with Crippen LogP contribution in [0.15, 0.2) is 30.3 Å². The number of likely N-dealkylation sites (N-methyl/N-ethyl adjacent to an activating group) is 1. The number of carbonyl (C=O) groups excluding carboxylic acids is 2. The lowest BCUT2D eigenvalue weighted by Gasteiger charge is -2.26. The normalized spacial score (nSPS) is 10.8. The van der Waals surface area contributed by atoms with Crippen molar-refractivity contribution in [3.63, 3.8) is 0 Å². The number of hydrogen-bond donors (Lipinski definition) is 2. The second-order valence-electron chi connectivity index (χ2n) is 5.53. The first-order valence-corrected chi connectivity index (χ1v) is 6.54. The van der Waals surface area contributed by atoms with E-state index >= 15 is 0 Å². The Morgan fingerprint density at radius 1 is 1.19 bits per heavy atom. The van der Waals surface area contributed by atoms with Crippen molar-refractivity contribution in [3.05, 3.63) is 35.9 Å². The average molecular weight is 292 g/mol. The van der Waals surface area contributed by atoms with Crippen LogP contribution in [-0.2, 0) is 9.59 Å². The molecule has 0 atom stereocenters. The van der Waals surface area contributed by atoms with E-state index in [4.69, 9.17) is 5.11 Å². The Labute approximate surface area is 123 Å². The fourth-order valence-electron chi connectivity index (χ4n) is 1.93. The Kier molecular flexibility index (Phi) is 5.46. The van der Waals surface area contributed by atoms with Gasteiger partial charge in [0.15, 0.2) is 0 Å². The summed E-state index contributed by atoms with van der Waals surface area (Å²) in [6.07, 6.45) is -0.185. The maximum absolute atomic E-state index is 12.1. The third kappa shape index (κ3) is 5.64. The molecule has 0 aliphatic carbocycles. The highest BCUT2D eigenvalue weighted by atomic mass is 16.4. The number of hydrogen-bond acceptors (Lipinski definition) is 3. The summed E-state index contributed by atoms with van der Waals surface area (Å²) in [5.41, 5.74) is -0.364. The Hall–Kier alpha value is -2.37. The smallest absolute Gasteiger partial charge is 0.305 e. The minimum absolute atomic E-state index is 0.128. The minimum atomic E-state index is -0.992. The van der Waals surface area contributed by atoms with E-state index in [1.54, 1.807) is 44.2 Å². The zero-order chi connectivity index (χ0) is 16.0. The minimum Gasteiger partial charge on any atom is -0.481 e. The molecule has 0 aromatic heterocycles. The molecule has 0 spiro atoms. The summed E-state index contributed by atoms with van der Waals surface area (Å²) in [7, 11) is 1.53. The quantitative estimate of drug-likeness (QED) is 0.823. The van der Waals surface area contributed by atoms with Gasteiger partial charge in [-0.1, -0.05) is 18.2 Å². The van der Waals surface area contributed by atoms with Gasteiger partial charge < -0.3 is 15.3 Å². The Morgan fingerprint density at radius 3 is 2.29 bits per heavy atom. The number of carboxylic acids is 1. The van der Waals surface area contributed by atoms with Gasteiger partial charge in [0, 0.05) is 18.2 Å². The lowest BCUT2D eigenvalue weighted by Crippen LogP contribution is -2.49. The molecule has 0 fully saturated rings. The predicted octanol–water partition coefficient (Wildman–Crippen LogP) is 1.13. The summed E-state index contributed by atoms with van der Waals surface area (Å²) >= 11 is 0. The lowest BCUT2D eigenvalue weighted by atomic mass is 10.0. The van der Waals surface area contributed by atoms with Gasteiger partial charge in [0.1, 0.15) is 0 Å². The average Bonchev–Trinajstić information content (AvgIpc) is 2.36. The van der Waals surface area contributed by atoms with Crippen molar-refractivity contribution in [2.75, 3.05) is 13.6 Å². The van der Waals surface area contributed by atoms with Crippen molar-refractivity contribution < 1.29 is 19.5 Å². The third-order valence-corrected chi connectivity index (χ3v) is 2.82. The van der Waals surface area contributed by atoms with Crippen LogP contribution in [0.2, 0.25) is 0 Å². The van der Waals surface area contributed by atoms with Crippen molar-refractivity contribution in [3.8, 4) is 0 Å².